The van der Waals surface area contributed by atoms with Crippen molar-refractivity contribution in [3.8, 4) is 5.69 Å². The summed E-state index contributed by atoms with van der Waals surface area (Å²) in [5.41, 5.74) is -1.00. The molecule has 172 valence electrons. The predicted molar refractivity (Wildman–Crippen MR) is 106 cm³/mol. The summed E-state index contributed by atoms with van der Waals surface area (Å²) in [4.78, 5) is 37.9. The molecule has 1 aliphatic rings. The molecule has 0 radical (unpaired) electrons. The van der Waals surface area contributed by atoms with Crippen LogP contribution in [0.25, 0.3) is 5.69 Å². The molecule has 2 atom stereocenters. The summed E-state index contributed by atoms with van der Waals surface area (Å²) < 4.78 is 33.3. The quantitative estimate of drug-likeness (QED) is 0.728. The lowest BCUT2D eigenvalue weighted by atomic mass is 9.92. The molecule has 32 heavy (non-hydrogen) atoms. The van der Waals surface area contributed by atoms with Gasteiger partial charge < -0.3 is 20.1 Å². The number of carboxylic acids is 1. The predicted octanol–water partition coefficient (Wildman–Crippen LogP) is 1.99. The first-order valence-electron chi connectivity index (χ1n) is 9.84. The second kappa shape index (κ2) is 8.89. The number of halogens is 2. The largest absolute Gasteiger partial charge is 0.481 e. The van der Waals surface area contributed by atoms with E-state index in [1.54, 1.807) is 20.8 Å². The summed E-state index contributed by atoms with van der Waals surface area (Å²) in [5.74, 6) is -4.60. The fourth-order valence-corrected chi connectivity index (χ4v) is 3.26. The Bertz CT molecular complexity index is 1040. The van der Waals surface area contributed by atoms with Gasteiger partial charge in [0.25, 0.3) is 5.91 Å². The number of carboxylic acid groups (broad SMARTS) is 1. The lowest BCUT2D eigenvalue weighted by Gasteiger charge is -2.37. The van der Waals surface area contributed by atoms with E-state index in [0.29, 0.717) is 6.07 Å². The molecular weight excluding hydrogens is 428 g/mol. The van der Waals surface area contributed by atoms with E-state index in [9.17, 15) is 28.3 Å². The Morgan fingerprint density at radius 3 is 2.59 bits per heavy atom. The molecule has 0 unspecified atom stereocenters. The molecule has 0 saturated carbocycles. The summed E-state index contributed by atoms with van der Waals surface area (Å²) in [6.07, 6.45) is 0.706. The van der Waals surface area contributed by atoms with Gasteiger partial charge in [-0.2, -0.15) is 0 Å². The van der Waals surface area contributed by atoms with E-state index in [4.69, 9.17) is 4.74 Å². The molecule has 0 spiro atoms. The van der Waals surface area contributed by atoms with Crippen LogP contribution in [0, 0.1) is 17.6 Å². The van der Waals surface area contributed by atoms with Crippen molar-refractivity contribution in [2.24, 2.45) is 5.92 Å². The highest BCUT2D eigenvalue weighted by Gasteiger charge is 2.38. The molecule has 2 N–H and O–H groups in total. The van der Waals surface area contributed by atoms with E-state index >= 15 is 0 Å². The van der Waals surface area contributed by atoms with Crippen LogP contribution < -0.4 is 5.32 Å². The highest BCUT2D eigenvalue weighted by atomic mass is 19.1. The number of benzene rings is 1. The summed E-state index contributed by atoms with van der Waals surface area (Å²) in [6.45, 7) is 5.17. The fourth-order valence-electron chi connectivity index (χ4n) is 3.26. The van der Waals surface area contributed by atoms with Gasteiger partial charge in [0.15, 0.2) is 11.5 Å². The average molecular weight is 451 g/mol. The van der Waals surface area contributed by atoms with Crippen molar-refractivity contribution in [1.82, 2.24) is 25.2 Å². The van der Waals surface area contributed by atoms with Crippen LogP contribution in [0.5, 0.6) is 0 Å². The molecule has 0 aliphatic carbocycles. The third kappa shape index (κ3) is 5.37. The molecule has 10 nitrogen and oxygen atoms in total. The first-order valence-corrected chi connectivity index (χ1v) is 9.84. The normalized spacial score (nSPS) is 18.8. The molecule has 1 aromatic heterocycles. The van der Waals surface area contributed by atoms with Gasteiger partial charge in [-0.15, -0.1) is 5.10 Å². The van der Waals surface area contributed by atoms with Gasteiger partial charge in [-0.25, -0.2) is 18.3 Å². The minimum absolute atomic E-state index is 0.105. The van der Waals surface area contributed by atoms with Gasteiger partial charge in [0.1, 0.15) is 17.1 Å². The number of carbonyl (C=O) groups excluding carboxylic acids is 2. The van der Waals surface area contributed by atoms with Crippen molar-refractivity contribution in [3.63, 3.8) is 0 Å². The van der Waals surface area contributed by atoms with Crippen molar-refractivity contribution in [2.75, 3.05) is 13.1 Å². The number of nitrogens with one attached hydrogen (secondary N) is 1. The number of rotatable bonds is 4. The lowest BCUT2D eigenvalue weighted by molar-refractivity contribution is -0.144. The number of hydrogen-bond acceptors (Lipinski definition) is 6. The Labute approximate surface area is 182 Å². The molecule has 2 amide bonds. The second-order valence-corrected chi connectivity index (χ2v) is 8.38. The molecule has 1 saturated heterocycles. The summed E-state index contributed by atoms with van der Waals surface area (Å²) in [7, 11) is 0. The third-order valence-electron chi connectivity index (χ3n) is 4.78. The van der Waals surface area contributed by atoms with Gasteiger partial charge in [-0.3, -0.25) is 9.59 Å². The number of piperidine rings is 1. The minimum Gasteiger partial charge on any atom is -0.481 e. The van der Waals surface area contributed by atoms with Crippen LogP contribution in [0.4, 0.5) is 13.6 Å². The van der Waals surface area contributed by atoms with Gasteiger partial charge in [-0.05, 0) is 39.3 Å². The van der Waals surface area contributed by atoms with E-state index in [0.717, 1.165) is 23.0 Å². The number of carbonyl (C=O) groups is 3. The highest BCUT2D eigenvalue weighted by molar-refractivity contribution is 5.92. The maximum absolute atomic E-state index is 13.9. The molecule has 3 rings (SSSR count). The number of aliphatic carboxylic acids is 1. The average Bonchev–Trinajstić information content (AvgIpc) is 3.16. The van der Waals surface area contributed by atoms with Gasteiger partial charge in [0.05, 0.1) is 12.1 Å². The van der Waals surface area contributed by atoms with Crippen LogP contribution in [-0.2, 0) is 9.53 Å². The monoisotopic (exact) mass is 451 g/mol. The standard InChI is InChI=1S/C20H23F2N5O5/c1-20(2,3)32-19(31)26-7-6-14(12(9-26)18(29)30)23-17(28)15-10-27(25-24-15)16-5-4-11(21)8-13(16)22/h4-5,8,10,12,14H,6-7,9H2,1-3H3,(H,23,28)(H,29,30)/t12-,14-/m0/s1. The van der Waals surface area contributed by atoms with Crippen molar-refractivity contribution < 1.29 is 33.0 Å². The smallest absolute Gasteiger partial charge is 0.410 e. The Morgan fingerprint density at radius 2 is 1.97 bits per heavy atom. The molecule has 1 aliphatic heterocycles. The first kappa shape index (κ1) is 23.1. The van der Waals surface area contributed by atoms with Crippen LogP contribution >= 0.6 is 0 Å². The molecule has 12 heteroatoms. The zero-order valence-corrected chi connectivity index (χ0v) is 17.7. The van der Waals surface area contributed by atoms with Crippen molar-refractivity contribution >= 4 is 18.0 Å². The SMILES string of the molecule is CC(C)(C)OC(=O)N1CC[C@H](NC(=O)c2cn(-c3ccc(F)cc3F)nn2)[C@@H](C(=O)O)C1. The fraction of sp³-hybridized carbons (Fsp3) is 0.450. The summed E-state index contributed by atoms with van der Waals surface area (Å²) in [6, 6.07) is 2.09. The van der Waals surface area contributed by atoms with E-state index in [1.807, 2.05) is 0 Å². The van der Waals surface area contributed by atoms with Crippen molar-refractivity contribution in [3.05, 3.63) is 41.7 Å². The zero-order chi connectivity index (χ0) is 23.6. The van der Waals surface area contributed by atoms with Crippen LogP contribution in [0.1, 0.15) is 37.7 Å². The topological polar surface area (TPSA) is 127 Å². The second-order valence-electron chi connectivity index (χ2n) is 8.38. The van der Waals surface area contributed by atoms with Gasteiger partial charge in [0, 0.05) is 25.2 Å². The van der Waals surface area contributed by atoms with Gasteiger partial charge >= 0.3 is 12.1 Å². The number of hydrogen-bond donors (Lipinski definition) is 2. The van der Waals surface area contributed by atoms with Crippen LogP contribution in [0.15, 0.2) is 24.4 Å². The Morgan fingerprint density at radius 1 is 1.25 bits per heavy atom. The maximum atomic E-state index is 13.9. The molecule has 1 aromatic carbocycles. The van der Waals surface area contributed by atoms with Gasteiger partial charge in [-0.1, -0.05) is 5.21 Å². The Kier molecular flexibility index (Phi) is 6.42. The Balaban J connectivity index is 1.69. The molecular formula is C20H23F2N5O5. The van der Waals surface area contributed by atoms with Crippen molar-refractivity contribution in [2.45, 2.75) is 38.8 Å². The minimum atomic E-state index is -1.18. The van der Waals surface area contributed by atoms with E-state index < -0.39 is 47.2 Å². The van der Waals surface area contributed by atoms with E-state index in [-0.39, 0.29) is 30.9 Å². The number of aromatic nitrogens is 3. The number of amides is 2. The first-order chi connectivity index (χ1) is 14.9. The molecule has 2 aromatic rings. The third-order valence-corrected chi connectivity index (χ3v) is 4.78. The summed E-state index contributed by atoms with van der Waals surface area (Å²) in [5, 5.41) is 19.5. The van der Waals surface area contributed by atoms with Crippen LogP contribution in [0.2, 0.25) is 0 Å². The number of ether oxygens (including phenoxy) is 1. The Hall–Kier alpha value is -3.57. The summed E-state index contributed by atoms with van der Waals surface area (Å²) >= 11 is 0. The molecule has 1 fully saturated rings. The van der Waals surface area contributed by atoms with E-state index in [2.05, 4.69) is 15.6 Å². The number of likely N-dealkylation sites (tertiary alicyclic amines) is 1. The van der Waals surface area contributed by atoms with Crippen LogP contribution in [0.3, 0.4) is 0 Å². The molecule has 0 bridgehead atoms. The highest BCUT2D eigenvalue weighted by Crippen LogP contribution is 2.21. The van der Waals surface area contributed by atoms with E-state index in [1.165, 1.54) is 4.90 Å². The number of nitrogens with zero attached hydrogens (tertiary/aromatic N) is 4. The van der Waals surface area contributed by atoms with Crippen molar-refractivity contribution in [1.29, 1.82) is 0 Å². The zero-order valence-electron chi connectivity index (χ0n) is 17.7. The molecule has 2 heterocycles. The van der Waals surface area contributed by atoms with Gasteiger partial charge in [0.2, 0.25) is 0 Å². The van der Waals surface area contributed by atoms with Crippen LogP contribution in [-0.4, -0.2) is 67.7 Å². The lowest BCUT2D eigenvalue weighted by Crippen LogP contribution is -2.55. The maximum Gasteiger partial charge on any atom is 0.410 e.